The summed E-state index contributed by atoms with van der Waals surface area (Å²) in [5, 5.41) is 30.6. The molecule has 2 atom stereocenters. The van der Waals surface area contributed by atoms with Crippen LogP contribution in [-0.4, -0.2) is 33.8 Å². The van der Waals surface area contributed by atoms with Gasteiger partial charge in [0.05, 0.1) is 5.56 Å². The van der Waals surface area contributed by atoms with Gasteiger partial charge in [-0.1, -0.05) is 0 Å². The van der Waals surface area contributed by atoms with Gasteiger partial charge in [0.15, 0.2) is 0 Å². The summed E-state index contributed by atoms with van der Waals surface area (Å²) in [4.78, 5) is 14.4. The summed E-state index contributed by atoms with van der Waals surface area (Å²) >= 11 is 0. The van der Waals surface area contributed by atoms with E-state index in [4.69, 9.17) is 11.0 Å². The first-order chi connectivity index (χ1) is 8.45. The van der Waals surface area contributed by atoms with E-state index in [1.54, 1.807) is 0 Å². The summed E-state index contributed by atoms with van der Waals surface area (Å²) in [7, 11) is 0. The normalized spacial score (nSPS) is 13.4. The zero-order valence-electron chi connectivity index (χ0n) is 9.79. The van der Waals surface area contributed by atoms with E-state index in [0.29, 0.717) is 0 Å². The number of hydrogen-bond acceptors (Lipinski definition) is 6. The van der Waals surface area contributed by atoms with Crippen LogP contribution in [0, 0.1) is 11.3 Å². The van der Waals surface area contributed by atoms with Gasteiger partial charge in [-0.25, -0.2) is 4.98 Å². The van der Waals surface area contributed by atoms with Crippen molar-refractivity contribution in [3.63, 3.8) is 0 Å². The van der Waals surface area contributed by atoms with Crippen LogP contribution < -0.4 is 11.1 Å². The predicted octanol–water partition coefficient (Wildman–Crippen LogP) is -0.934. The number of pyridine rings is 1. The second-order valence-corrected chi connectivity index (χ2v) is 3.76. The number of aromatic nitrogens is 1. The number of nitriles is 1. The molecule has 1 aromatic heterocycles. The molecule has 2 unspecified atom stereocenters. The van der Waals surface area contributed by atoms with Gasteiger partial charge in [-0.15, -0.1) is 0 Å². The summed E-state index contributed by atoms with van der Waals surface area (Å²) in [6.45, 7) is 1.21. The van der Waals surface area contributed by atoms with E-state index >= 15 is 0 Å². The van der Waals surface area contributed by atoms with Crippen molar-refractivity contribution >= 4 is 11.7 Å². The Morgan fingerprint density at radius 3 is 2.89 bits per heavy atom. The Labute approximate surface area is 104 Å². The Hall–Kier alpha value is -2.17. The third-order valence-electron chi connectivity index (χ3n) is 2.33. The number of nitrogen functional groups attached to an aromatic ring is 1. The minimum absolute atomic E-state index is 0.0600. The first-order valence-corrected chi connectivity index (χ1v) is 5.21. The largest absolute Gasteiger partial charge is 0.388 e. The average molecular weight is 250 g/mol. The maximum Gasteiger partial charge on any atom is 0.216 e. The fourth-order valence-electron chi connectivity index (χ4n) is 1.32. The summed E-state index contributed by atoms with van der Waals surface area (Å²) in [5.41, 5.74) is 5.83. The lowest BCUT2D eigenvalue weighted by Gasteiger charge is -2.18. The molecule has 0 aliphatic carbocycles. The molecule has 0 aliphatic heterocycles. The smallest absolute Gasteiger partial charge is 0.216 e. The van der Waals surface area contributed by atoms with E-state index < -0.39 is 12.2 Å². The van der Waals surface area contributed by atoms with Crippen LogP contribution in [-0.2, 0) is 4.79 Å². The number of hydrogen-bond donors (Lipinski definition) is 4. The van der Waals surface area contributed by atoms with Gasteiger partial charge in [0.1, 0.15) is 24.1 Å². The molecule has 5 N–H and O–H groups in total. The molecule has 0 bridgehead atoms. The van der Waals surface area contributed by atoms with Crippen molar-refractivity contribution in [2.24, 2.45) is 0 Å². The third kappa shape index (κ3) is 3.41. The van der Waals surface area contributed by atoms with Crippen LogP contribution in [0.3, 0.4) is 0 Å². The number of carbonyl (C=O) groups excluding carboxylic acids is 1. The minimum Gasteiger partial charge on any atom is -0.388 e. The number of aliphatic hydroxyl groups excluding tert-OH is 2. The number of rotatable bonds is 4. The van der Waals surface area contributed by atoms with Crippen molar-refractivity contribution in [1.29, 1.82) is 5.26 Å². The van der Waals surface area contributed by atoms with Crippen LogP contribution in [0.5, 0.6) is 0 Å². The minimum atomic E-state index is -1.25. The Balaban J connectivity index is 2.80. The molecule has 0 saturated carbocycles. The maximum atomic E-state index is 10.7. The number of nitrogens with zero attached hydrogens (tertiary/aromatic N) is 2. The highest BCUT2D eigenvalue weighted by Gasteiger charge is 2.19. The molecule has 7 nitrogen and oxygen atoms in total. The van der Waals surface area contributed by atoms with Crippen LogP contribution in [0.1, 0.15) is 24.2 Å². The molecule has 1 rings (SSSR count). The number of aliphatic hydroxyl groups is 2. The van der Waals surface area contributed by atoms with Crippen LogP contribution >= 0.6 is 0 Å². The molecule has 0 spiro atoms. The molecule has 0 radical (unpaired) electrons. The number of nitrogens with two attached hydrogens (primary N) is 1. The number of amides is 1. The third-order valence-corrected chi connectivity index (χ3v) is 2.33. The summed E-state index contributed by atoms with van der Waals surface area (Å²) in [5.74, 6) is -0.251. The van der Waals surface area contributed by atoms with Gasteiger partial charge in [-0.3, -0.25) is 4.79 Å². The molecule has 96 valence electrons. The zero-order chi connectivity index (χ0) is 13.7. The highest BCUT2D eigenvalue weighted by atomic mass is 16.3. The Bertz CT molecular complexity index is 484. The van der Waals surface area contributed by atoms with Gasteiger partial charge in [-0.05, 0) is 6.07 Å². The van der Waals surface area contributed by atoms with E-state index in [2.05, 4.69) is 10.3 Å². The molecule has 0 saturated heterocycles. The molecule has 0 aromatic carbocycles. The lowest BCUT2D eigenvalue weighted by Crippen LogP contribution is -2.34. The average Bonchev–Trinajstić information content (AvgIpc) is 2.35. The van der Waals surface area contributed by atoms with E-state index in [9.17, 15) is 15.0 Å². The topological polar surface area (TPSA) is 132 Å². The monoisotopic (exact) mass is 250 g/mol. The molecule has 0 fully saturated rings. The first kappa shape index (κ1) is 13.9. The Morgan fingerprint density at radius 2 is 2.33 bits per heavy atom. The number of nitrogens with one attached hydrogen (secondary N) is 1. The standard InChI is InChI=1S/C11H14N4O3/c1-6(16)14-5-9(17)10(18)8-2-7(3-12)11(13)15-4-8/h2,4,9-10,17-18H,5H2,1H3,(H2,13,15)(H,14,16). The van der Waals surface area contributed by atoms with E-state index in [-0.39, 0.29) is 29.4 Å². The lowest BCUT2D eigenvalue weighted by molar-refractivity contribution is -0.119. The van der Waals surface area contributed by atoms with Crippen molar-refractivity contribution in [3.05, 3.63) is 23.4 Å². The highest BCUT2D eigenvalue weighted by molar-refractivity contribution is 5.72. The fourth-order valence-corrected chi connectivity index (χ4v) is 1.32. The van der Waals surface area contributed by atoms with Crippen molar-refractivity contribution in [1.82, 2.24) is 10.3 Å². The quantitative estimate of drug-likeness (QED) is 0.545. The highest BCUT2D eigenvalue weighted by Crippen LogP contribution is 2.19. The SMILES string of the molecule is CC(=O)NCC(O)C(O)c1cnc(N)c(C#N)c1. The molecular weight excluding hydrogens is 236 g/mol. The second-order valence-electron chi connectivity index (χ2n) is 3.76. The zero-order valence-corrected chi connectivity index (χ0v) is 9.79. The Morgan fingerprint density at radius 1 is 1.67 bits per heavy atom. The summed E-state index contributed by atoms with van der Waals surface area (Å²) < 4.78 is 0. The first-order valence-electron chi connectivity index (χ1n) is 5.21. The van der Waals surface area contributed by atoms with Gasteiger partial charge in [0.2, 0.25) is 5.91 Å². The molecule has 1 amide bonds. The van der Waals surface area contributed by atoms with Gasteiger partial charge >= 0.3 is 0 Å². The fraction of sp³-hybridized carbons (Fsp3) is 0.364. The van der Waals surface area contributed by atoms with E-state index in [1.165, 1.54) is 19.2 Å². The molecule has 7 heteroatoms. The van der Waals surface area contributed by atoms with Gasteiger partial charge in [0.25, 0.3) is 0 Å². The summed E-state index contributed by atoms with van der Waals surface area (Å²) in [6.07, 6.45) is -1.17. The molecular formula is C11H14N4O3. The second kappa shape index (κ2) is 5.95. The van der Waals surface area contributed by atoms with Crippen LogP contribution in [0.15, 0.2) is 12.3 Å². The predicted molar refractivity (Wildman–Crippen MR) is 63.0 cm³/mol. The Kier molecular flexibility index (Phi) is 4.59. The lowest BCUT2D eigenvalue weighted by atomic mass is 10.0. The molecule has 1 heterocycles. The van der Waals surface area contributed by atoms with E-state index in [1.807, 2.05) is 6.07 Å². The van der Waals surface area contributed by atoms with Crippen molar-refractivity contribution in [2.75, 3.05) is 12.3 Å². The van der Waals surface area contributed by atoms with Gasteiger partial charge in [0, 0.05) is 25.2 Å². The van der Waals surface area contributed by atoms with E-state index in [0.717, 1.165) is 0 Å². The molecule has 1 aromatic rings. The molecule has 18 heavy (non-hydrogen) atoms. The van der Waals surface area contributed by atoms with Crippen LogP contribution in [0.4, 0.5) is 5.82 Å². The van der Waals surface area contributed by atoms with Crippen molar-refractivity contribution < 1.29 is 15.0 Å². The maximum absolute atomic E-state index is 10.7. The van der Waals surface area contributed by atoms with Crippen molar-refractivity contribution in [3.8, 4) is 6.07 Å². The number of carbonyl (C=O) groups is 1. The van der Waals surface area contributed by atoms with Gasteiger partial charge < -0.3 is 21.3 Å². The number of anilines is 1. The molecule has 0 aliphatic rings. The van der Waals surface area contributed by atoms with Crippen LogP contribution in [0.2, 0.25) is 0 Å². The van der Waals surface area contributed by atoms with Gasteiger partial charge in [-0.2, -0.15) is 5.26 Å². The summed E-state index contributed by atoms with van der Waals surface area (Å²) in [6, 6.07) is 3.18. The van der Waals surface area contributed by atoms with Crippen LogP contribution in [0.25, 0.3) is 0 Å². The van der Waals surface area contributed by atoms with Crippen molar-refractivity contribution in [2.45, 2.75) is 19.1 Å².